The summed E-state index contributed by atoms with van der Waals surface area (Å²) in [5.41, 5.74) is 2.58. The van der Waals surface area contributed by atoms with Crippen LogP contribution in [0.4, 0.5) is 10.3 Å². The second-order valence-corrected chi connectivity index (χ2v) is 10.4. The molecule has 12 heteroatoms. The van der Waals surface area contributed by atoms with E-state index in [-0.39, 0.29) is 30.3 Å². The number of aliphatic hydroxyl groups excluding tert-OH is 2. The number of carbonyl (C=O) groups is 2. The van der Waals surface area contributed by atoms with Gasteiger partial charge in [0.05, 0.1) is 42.8 Å². The van der Waals surface area contributed by atoms with Crippen LogP contribution in [0.2, 0.25) is 5.02 Å². The van der Waals surface area contributed by atoms with Crippen LogP contribution in [-0.2, 0) is 11.3 Å². The number of carbonyl (C=O) groups excluding carboxylic acids is 2. The van der Waals surface area contributed by atoms with Crippen LogP contribution < -0.4 is 15.4 Å². The number of fused-ring (bicyclic) bond motifs is 1. The summed E-state index contributed by atoms with van der Waals surface area (Å²) in [7, 11) is 1.39. The molecular weight excluding hydrogens is 541 g/mol. The molecule has 4 N–H and O–H groups in total. The van der Waals surface area contributed by atoms with Crippen LogP contribution in [0.1, 0.15) is 47.3 Å². The first-order valence-corrected chi connectivity index (χ1v) is 13.2. The van der Waals surface area contributed by atoms with Crippen molar-refractivity contribution in [2.45, 2.75) is 50.5 Å². The quantitative estimate of drug-likeness (QED) is 0.309. The summed E-state index contributed by atoms with van der Waals surface area (Å²) in [6, 6.07) is 7.57. The maximum Gasteiger partial charge on any atom is 0.255 e. The second kappa shape index (κ2) is 11.4. The van der Waals surface area contributed by atoms with Gasteiger partial charge in [0.25, 0.3) is 5.91 Å². The molecule has 3 aromatic rings. The summed E-state index contributed by atoms with van der Waals surface area (Å²) in [4.78, 5) is 36.7. The topological polar surface area (TPSA) is 137 Å². The minimum Gasteiger partial charge on any atom is -0.497 e. The van der Waals surface area contributed by atoms with Crippen molar-refractivity contribution in [3.63, 3.8) is 0 Å². The van der Waals surface area contributed by atoms with E-state index in [9.17, 15) is 24.2 Å². The fourth-order valence-electron chi connectivity index (χ4n) is 4.88. The Bertz CT molecular complexity index is 1450. The van der Waals surface area contributed by atoms with E-state index in [1.54, 1.807) is 19.1 Å². The van der Waals surface area contributed by atoms with Crippen LogP contribution in [0.15, 0.2) is 42.6 Å². The van der Waals surface area contributed by atoms with Gasteiger partial charge in [-0.15, -0.1) is 0 Å². The molecule has 2 atom stereocenters. The van der Waals surface area contributed by atoms with E-state index in [0.717, 1.165) is 5.56 Å². The Labute approximate surface area is 235 Å². The van der Waals surface area contributed by atoms with Crippen molar-refractivity contribution >= 4 is 29.4 Å². The minimum atomic E-state index is -0.892. The average Bonchev–Trinajstić information content (AvgIpc) is 3.26. The van der Waals surface area contributed by atoms with Crippen LogP contribution in [0, 0.1) is 5.82 Å². The molecule has 10 nitrogen and oxygen atoms in total. The third-order valence-corrected chi connectivity index (χ3v) is 7.56. The molecule has 2 heterocycles. The van der Waals surface area contributed by atoms with Gasteiger partial charge < -0.3 is 30.5 Å². The van der Waals surface area contributed by atoms with Gasteiger partial charge in [0.15, 0.2) is 0 Å². The monoisotopic (exact) mass is 569 g/mol. The van der Waals surface area contributed by atoms with Crippen molar-refractivity contribution in [2.24, 2.45) is 0 Å². The molecule has 210 valence electrons. The van der Waals surface area contributed by atoms with Crippen LogP contribution in [0.25, 0.3) is 11.3 Å². The minimum absolute atomic E-state index is 0.0835. The number of rotatable bonds is 9. The highest BCUT2D eigenvalue weighted by molar-refractivity contribution is 6.33. The number of hydrogen-bond acceptors (Lipinski definition) is 8. The first-order chi connectivity index (χ1) is 19.2. The fraction of sp³-hybridized carbons (Fsp3) is 0.357. The summed E-state index contributed by atoms with van der Waals surface area (Å²) < 4.78 is 19.1. The molecule has 0 spiro atoms. The molecule has 2 amide bonds. The smallest absolute Gasteiger partial charge is 0.255 e. The van der Waals surface area contributed by atoms with Gasteiger partial charge in [-0.25, -0.2) is 14.4 Å². The van der Waals surface area contributed by atoms with E-state index in [4.69, 9.17) is 16.3 Å². The fourth-order valence-corrected chi connectivity index (χ4v) is 5.08. The summed E-state index contributed by atoms with van der Waals surface area (Å²) in [6.45, 7) is 1.34. The molecular formula is C28H29ClFN5O5. The number of ether oxygens (including phenoxy) is 1. The molecule has 1 aromatic heterocycles. The molecule has 1 saturated carbocycles. The maximum atomic E-state index is 14.0. The summed E-state index contributed by atoms with van der Waals surface area (Å²) >= 11 is 6.40. The Morgan fingerprint density at radius 1 is 1.27 bits per heavy atom. The molecule has 0 bridgehead atoms. The van der Waals surface area contributed by atoms with Gasteiger partial charge in [-0.1, -0.05) is 23.7 Å². The largest absolute Gasteiger partial charge is 0.497 e. The Morgan fingerprint density at radius 2 is 2.05 bits per heavy atom. The standard InChI is InChI=1S/C28H29ClFN5O5/c1-14(26(38)33-24(13-36)17-5-18(30)8-21(6-17)40-2)35-12-16-4-3-15(7-22(16)27(35)39)25-23(29)11-31-28(34-25)32-19-9-20(37)10-19/h3-8,11,14,19-20,24,36-37H,9-10,12-13H2,1-2H3,(H,33,38)(H,31,32,34)/t14-,19-,20-,24-/m1/s1. The number of hydrogen-bond donors (Lipinski definition) is 4. The molecule has 0 saturated heterocycles. The van der Waals surface area contributed by atoms with E-state index >= 15 is 0 Å². The number of methoxy groups -OCH3 is 1. The van der Waals surface area contributed by atoms with Gasteiger partial charge in [0, 0.05) is 29.8 Å². The van der Waals surface area contributed by atoms with Gasteiger partial charge in [-0.05, 0) is 49.1 Å². The zero-order chi connectivity index (χ0) is 28.6. The van der Waals surface area contributed by atoms with Crippen molar-refractivity contribution in [1.29, 1.82) is 0 Å². The van der Waals surface area contributed by atoms with E-state index < -0.39 is 30.4 Å². The molecule has 1 aliphatic carbocycles. The lowest BCUT2D eigenvalue weighted by Crippen LogP contribution is -2.46. The van der Waals surface area contributed by atoms with Gasteiger partial charge >= 0.3 is 0 Å². The molecule has 0 unspecified atom stereocenters. The van der Waals surface area contributed by atoms with Crippen molar-refractivity contribution in [1.82, 2.24) is 20.2 Å². The highest BCUT2D eigenvalue weighted by Gasteiger charge is 2.35. The highest BCUT2D eigenvalue weighted by atomic mass is 35.5. The zero-order valence-electron chi connectivity index (χ0n) is 21.9. The molecule has 0 radical (unpaired) electrons. The Hall–Kier alpha value is -3.80. The Kier molecular flexibility index (Phi) is 7.88. The van der Waals surface area contributed by atoms with Crippen LogP contribution in [0.5, 0.6) is 5.75 Å². The predicted molar refractivity (Wildman–Crippen MR) is 145 cm³/mol. The number of halogens is 2. The van der Waals surface area contributed by atoms with Crippen molar-refractivity contribution in [3.05, 3.63) is 70.1 Å². The third kappa shape index (κ3) is 5.58. The normalized spacial score (nSPS) is 19.4. The molecule has 1 aliphatic heterocycles. The van der Waals surface area contributed by atoms with Crippen LogP contribution in [0.3, 0.4) is 0 Å². The predicted octanol–water partition coefficient (Wildman–Crippen LogP) is 3.07. The lowest BCUT2D eigenvalue weighted by molar-refractivity contribution is -0.126. The Balaban J connectivity index is 1.31. The van der Waals surface area contributed by atoms with E-state index in [0.29, 0.717) is 46.2 Å². The van der Waals surface area contributed by atoms with Crippen molar-refractivity contribution in [2.75, 3.05) is 19.0 Å². The van der Waals surface area contributed by atoms with Crippen molar-refractivity contribution in [3.8, 4) is 17.0 Å². The van der Waals surface area contributed by atoms with Gasteiger partial charge in [0.2, 0.25) is 11.9 Å². The van der Waals surface area contributed by atoms with Crippen LogP contribution >= 0.6 is 11.6 Å². The van der Waals surface area contributed by atoms with Gasteiger partial charge in [0.1, 0.15) is 17.6 Å². The van der Waals surface area contributed by atoms with E-state index in [1.807, 2.05) is 6.07 Å². The molecule has 2 aromatic carbocycles. The maximum absolute atomic E-state index is 14.0. The van der Waals surface area contributed by atoms with Crippen LogP contribution in [-0.4, -0.2) is 68.8 Å². The average molecular weight is 570 g/mol. The first kappa shape index (κ1) is 27.8. The lowest BCUT2D eigenvalue weighted by Gasteiger charge is -2.31. The first-order valence-electron chi connectivity index (χ1n) is 12.8. The number of nitrogens with one attached hydrogen (secondary N) is 2. The third-order valence-electron chi connectivity index (χ3n) is 7.28. The van der Waals surface area contributed by atoms with Gasteiger partial charge in [-0.2, -0.15) is 0 Å². The number of nitrogens with zero attached hydrogens (tertiary/aromatic N) is 3. The number of amides is 2. The molecule has 1 fully saturated rings. The van der Waals surface area contributed by atoms with Crippen molar-refractivity contribution < 1.29 is 28.9 Å². The Morgan fingerprint density at radius 3 is 2.75 bits per heavy atom. The highest BCUT2D eigenvalue weighted by Crippen LogP contribution is 2.33. The zero-order valence-corrected chi connectivity index (χ0v) is 22.7. The number of benzene rings is 2. The SMILES string of the molecule is COc1cc(F)cc([C@@H](CO)NC(=O)[C@@H](C)N2Cc3ccc(-c4nc(N[C@H]5C[C@H](O)C5)ncc4Cl)cc3C2=O)c1. The number of aliphatic hydroxyl groups is 2. The number of aromatic nitrogens is 2. The van der Waals surface area contributed by atoms with Gasteiger partial charge in [-0.3, -0.25) is 9.59 Å². The molecule has 2 aliphatic rings. The summed E-state index contributed by atoms with van der Waals surface area (Å²) in [6.07, 6.45) is 2.40. The number of anilines is 1. The van der Waals surface area contributed by atoms with E-state index in [2.05, 4.69) is 20.6 Å². The summed E-state index contributed by atoms with van der Waals surface area (Å²) in [5, 5.41) is 25.6. The lowest BCUT2D eigenvalue weighted by atomic mass is 9.90. The molecule has 5 rings (SSSR count). The molecule has 40 heavy (non-hydrogen) atoms. The second-order valence-electron chi connectivity index (χ2n) is 10.0. The summed E-state index contributed by atoms with van der Waals surface area (Å²) in [5.74, 6) is -0.766. The van der Waals surface area contributed by atoms with E-state index in [1.165, 1.54) is 36.4 Å².